The number of halogens is 1. The second-order valence-corrected chi connectivity index (χ2v) is 8.27. The zero-order valence-corrected chi connectivity index (χ0v) is 18.8. The molecule has 0 aliphatic rings. The maximum atomic E-state index is 13.3. The van der Waals surface area contributed by atoms with Crippen LogP contribution in [0.15, 0.2) is 48.5 Å². The van der Waals surface area contributed by atoms with Gasteiger partial charge in [0.2, 0.25) is 11.8 Å². The molecule has 2 rings (SSSR count). The lowest BCUT2D eigenvalue weighted by atomic mass is 10.1. The third kappa shape index (κ3) is 7.17. The summed E-state index contributed by atoms with van der Waals surface area (Å²) in [6, 6.07) is 13.6. The van der Waals surface area contributed by atoms with E-state index in [4.69, 9.17) is 0 Å². The minimum atomic E-state index is -0.548. The van der Waals surface area contributed by atoms with Gasteiger partial charge in [0.1, 0.15) is 11.9 Å². The van der Waals surface area contributed by atoms with Gasteiger partial charge < -0.3 is 10.2 Å². The molecule has 2 aromatic rings. The smallest absolute Gasteiger partial charge is 0.242 e. The molecule has 0 aliphatic carbocycles. The van der Waals surface area contributed by atoms with Crippen molar-refractivity contribution in [3.63, 3.8) is 0 Å². The number of carbonyl (C=O) groups excluding carboxylic acids is 2. The van der Waals surface area contributed by atoms with Crippen LogP contribution >= 0.6 is 11.8 Å². The Bertz CT molecular complexity index is 826. The summed E-state index contributed by atoms with van der Waals surface area (Å²) < 4.78 is 13.3. The molecule has 2 amide bonds. The monoisotopic (exact) mass is 430 g/mol. The number of hydrogen-bond donors (Lipinski definition) is 1. The maximum absolute atomic E-state index is 13.3. The molecule has 0 aliphatic heterocycles. The highest BCUT2D eigenvalue weighted by Gasteiger charge is 2.28. The summed E-state index contributed by atoms with van der Waals surface area (Å²) in [6.07, 6.45) is 1.35. The molecule has 0 saturated carbocycles. The van der Waals surface area contributed by atoms with Crippen LogP contribution < -0.4 is 5.32 Å². The van der Waals surface area contributed by atoms with Crippen LogP contribution in [0.5, 0.6) is 0 Å². The summed E-state index contributed by atoms with van der Waals surface area (Å²) >= 11 is 1.54. The molecular weight excluding hydrogens is 399 g/mol. The van der Waals surface area contributed by atoms with Gasteiger partial charge in [-0.3, -0.25) is 9.59 Å². The van der Waals surface area contributed by atoms with Crippen molar-refractivity contribution in [2.75, 3.05) is 12.3 Å². The summed E-state index contributed by atoms with van der Waals surface area (Å²) in [6.45, 7) is 6.81. The molecular formula is C24H31FN2O2S. The van der Waals surface area contributed by atoms with Crippen LogP contribution in [0.4, 0.5) is 4.39 Å². The molecule has 0 unspecified atom stereocenters. The largest absolute Gasteiger partial charge is 0.354 e. The topological polar surface area (TPSA) is 49.4 Å². The molecule has 1 N–H and O–H groups in total. The van der Waals surface area contributed by atoms with Gasteiger partial charge in [0.05, 0.1) is 5.75 Å². The van der Waals surface area contributed by atoms with Gasteiger partial charge in [-0.2, -0.15) is 0 Å². The van der Waals surface area contributed by atoms with Crippen LogP contribution in [0, 0.1) is 12.7 Å². The Morgan fingerprint density at radius 1 is 1.10 bits per heavy atom. The van der Waals surface area contributed by atoms with E-state index < -0.39 is 6.04 Å². The zero-order valence-electron chi connectivity index (χ0n) is 18.0. The highest BCUT2D eigenvalue weighted by atomic mass is 32.2. The van der Waals surface area contributed by atoms with Crippen molar-refractivity contribution >= 4 is 23.6 Å². The average Bonchev–Trinajstić information content (AvgIpc) is 2.74. The van der Waals surface area contributed by atoms with Crippen LogP contribution in [-0.4, -0.2) is 35.1 Å². The normalized spacial score (nSPS) is 11.7. The lowest BCUT2D eigenvalue weighted by molar-refractivity contribution is -0.139. The first-order chi connectivity index (χ1) is 14.5. The third-order valence-electron chi connectivity index (χ3n) is 4.95. The van der Waals surface area contributed by atoms with E-state index in [1.165, 1.54) is 23.3 Å². The van der Waals surface area contributed by atoms with Gasteiger partial charge in [0.15, 0.2) is 0 Å². The minimum Gasteiger partial charge on any atom is -0.354 e. The van der Waals surface area contributed by atoms with Crippen molar-refractivity contribution in [3.05, 3.63) is 71.0 Å². The second kappa shape index (κ2) is 12.4. The third-order valence-corrected chi connectivity index (χ3v) is 5.91. The van der Waals surface area contributed by atoms with E-state index >= 15 is 0 Å². The van der Waals surface area contributed by atoms with Crippen LogP contribution in [-0.2, 0) is 21.9 Å². The first kappa shape index (κ1) is 23.9. The van der Waals surface area contributed by atoms with Crippen molar-refractivity contribution < 1.29 is 14.0 Å². The summed E-state index contributed by atoms with van der Waals surface area (Å²) in [5.41, 5.74) is 3.20. The van der Waals surface area contributed by atoms with Crippen LogP contribution in [0.1, 0.15) is 43.4 Å². The zero-order chi connectivity index (χ0) is 21.9. The first-order valence-corrected chi connectivity index (χ1v) is 11.6. The minimum absolute atomic E-state index is 0.0867. The van der Waals surface area contributed by atoms with Crippen molar-refractivity contribution in [1.29, 1.82) is 0 Å². The molecule has 0 heterocycles. The van der Waals surface area contributed by atoms with E-state index in [9.17, 15) is 14.0 Å². The summed E-state index contributed by atoms with van der Waals surface area (Å²) in [4.78, 5) is 27.4. The molecule has 6 heteroatoms. The fraction of sp³-hybridized carbons (Fsp3) is 0.417. The summed E-state index contributed by atoms with van der Waals surface area (Å²) in [5, 5.41) is 2.90. The SMILES string of the molecule is CCCNC(=O)[C@H](CC)N(Cc1ccc(F)cc1)C(=O)CSCc1ccccc1C. The Kier molecular flexibility index (Phi) is 9.87. The van der Waals surface area contributed by atoms with E-state index in [0.717, 1.165) is 17.7 Å². The quantitative estimate of drug-likeness (QED) is 0.562. The van der Waals surface area contributed by atoms with Crippen molar-refractivity contribution in [2.45, 2.75) is 52.0 Å². The lowest BCUT2D eigenvalue weighted by Gasteiger charge is -2.30. The van der Waals surface area contributed by atoms with Gasteiger partial charge in [-0.15, -0.1) is 11.8 Å². The predicted molar refractivity (Wildman–Crippen MR) is 122 cm³/mol. The summed E-state index contributed by atoms with van der Waals surface area (Å²) in [5.74, 6) is 0.475. The Morgan fingerprint density at radius 3 is 2.43 bits per heavy atom. The van der Waals surface area contributed by atoms with Gasteiger partial charge in [0.25, 0.3) is 0 Å². The van der Waals surface area contributed by atoms with Crippen molar-refractivity contribution in [1.82, 2.24) is 10.2 Å². The Labute approximate surface area is 183 Å². The number of rotatable bonds is 11. The lowest BCUT2D eigenvalue weighted by Crippen LogP contribution is -2.49. The Balaban J connectivity index is 2.11. The van der Waals surface area contributed by atoms with E-state index in [-0.39, 0.29) is 29.9 Å². The molecule has 4 nitrogen and oxygen atoms in total. The molecule has 0 radical (unpaired) electrons. The number of hydrogen-bond acceptors (Lipinski definition) is 3. The van der Waals surface area contributed by atoms with Gasteiger partial charge in [0, 0.05) is 18.8 Å². The molecule has 1 atom stereocenters. The second-order valence-electron chi connectivity index (χ2n) is 7.28. The van der Waals surface area contributed by atoms with E-state index in [1.807, 2.05) is 26.0 Å². The van der Waals surface area contributed by atoms with Gasteiger partial charge in [-0.1, -0.05) is 50.2 Å². The fourth-order valence-corrected chi connectivity index (χ4v) is 4.16. The van der Waals surface area contributed by atoms with Gasteiger partial charge in [-0.25, -0.2) is 4.39 Å². The highest BCUT2D eigenvalue weighted by Crippen LogP contribution is 2.19. The van der Waals surface area contributed by atoms with E-state index in [1.54, 1.807) is 28.8 Å². The van der Waals surface area contributed by atoms with Crippen LogP contribution in [0.25, 0.3) is 0 Å². The number of aryl methyl sites for hydroxylation is 1. The number of carbonyl (C=O) groups is 2. The molecule has 162 valence electrons. The number of benzene rings is 2. The molecule has 0 spiro atoms. The fourth-order valence-electron chi connectivity index (χ4n) is 3.18. The number of thioether (sulfide) groups is 1. The molecule has 2 aromatic carbocycles. The predicted octanol–water partition coefficient (Wildman–Crippen LogP) is 4.70. The van der Waals surface area contributed by atoms with Crippen molar-refractivity contribution in [3.8, 4) is 0 Å². The molecule has 0 aromatic heterocycles. The molecule has 30 heavy (non-hydrogen) atoms. The van der Waals surface area contributed by atoms with Gasteiger partial charge in [-0.05, 0) is 48.6 Å². The maximum Gasteiger partial charge on any atom is 0.242 e. The molecule has 0 saturated heterocycles. The van der Waals surface area contributed by atoms with Gasteiger partial charge >= 0.3 is 0 Å². The number of nitrogens with zero attached hydrogens (tertiary/aromatic N) is 1. The average molecular weight is 431 g/mol. The van der Waals surface area contributed by atoms with E-state index in [2.05, 4.69) is 24.4 Å². The highest BCUT2D eigenvalue weighted by molar-refractivity contribution is 7.99. The Morgan fingerprint density at radius 2 is 1.80 bits per heavy atom. The van der Waals surface area contributed by atoms with Crippen molar-refractivity contribution in [2.24, 2.45) is 0 Å². The van der Waals surface area contributed by atoms with Crippen LogP contribution in [0.2, 0.25) is 0 Å². The summed E-state index contributed by atoms with van der Waals surface area (Å²) in [7, 11) is 0. The first-order valence-electron chi connectivity index (χ1n) is 10.4. The standard InChI is InChI=1S/C24H31FN2O2S/c1-4-14-26-24(29)22(5-2)27(15-19-10-12-21(25)13-11-19)23(28)17-30-16-20-9-7-6-8-18(20)3/h6-13,22H,4-5,14-17H2,1-3H3,(H,26,29)/t22-/m0/s1. The van der Waals surface area contributed by atoms with E-state index in [0.29, 0.717) is 13.0 Å². The molecule has 0 fully saturated rings. The molecule has 0 bridgehead atoms. The Hall–Kier alpha value is -2.34. The van der Waals surface area contributed by atoms with Crippen LogP contribution in [0.3, 0.4) is 0 Å². The number of amides is 2. The number of nitrogens with one attached hydrogen (secondary N) is 1.